The Morgan fingerprint density at radius 2 is 2.18 bits per heavy atom. The third-order valence-electron chi connectivity index (χ3n) is 4.49. The molecule has 0 radical (unpaired) electrons. The number of anilines is 1. The average molecular weight is 380 g/mol. The minimum atomic E-state index is -0.529. The molecule has 3 heterocycles. The number of fused-ring (bicyclic) bond motifs is 1. The highest BCUT2D eigenvalue weighted by Gasteiger charge is 2.23. The molecular formula is C21H20N2O5. The van der Waals surface area contributed by atoms with Gasteiger partial charge in [0.2, 0.25) is 0 Å². The third-order valence-corrected chi connectivity index (χ3v) is 4.49. The van der Waals surface area contributed by atoms with Crippen molar-refractivity contribution in [1.82, 2.24) is 4.98 Å². The fraction of sp³-hybridized carbons (Fsp3) is 0.238. The standard InChI is InChI=1S/C21H20N2O5/c1-3-26-19-10-13-9-12(2)28-18(13)11-16(19)23-21(25)14-6-7-15(22-20(14)24)17-5-4-8-27-17/h4-8,10-12H,3,9H2,1-2H3,(H,22,24)(H,23,25). The maximum Gasteiger partial charge on any atom is 0.261 e. The van der Waals surface area contributed by atoms with Gasteiger partial charge in [0, 0.05) is 18.1 Å². The minimum Gasteiger partial charge on any atom is -0.492 e. The van der Waals surface area contributed by atoms with E-state index < -0.39 is 11.5 Å². The number of rotatable bonds is 5. The molecule has 1 unspecified atom stereocenters. The molecule has 1 amide bonds. The Morgan fingerprint density at radius 1 is 1.32 bits per heavy atom. The molecule has 0 saturated carbocycles. The van der Waals surface area contributed by atoms with Crippen molar-refractivity contribution in [2.45, 2.75) is 26.4 Å². The summed E-state index contributed by atoms with van der Waals surface area (Å²) in [5.41, 5.74) is 1.49. The molecule has 1 aliphatic heterocycles. The highest BCUT2D eigenvalue weighted by Crippen LogP contribution is 2.38. The Labute approximate surface area is 161 Å². The van der Waals surface area contributed by atoms with Gasteiger partial charge in [-0.05, 0) is 44.2 Å². The van der Waals surface area contributed by atoms with E-state index in [1.54, 1.807) is 24.3 Å². The zero-order valence-corrected chi connectivity index (χ0v) is 15.6. The molecule has 0 saturated heterocycles. The summed E-state index contributed by atoms with van der Waals surface area (Å²) >= 11 is 0. The summed E-state index contributed by atoms with van der Waals surface area (Å²) in [5, 5.41) is 2.76. The molecule has 28 heavy (non-hydrogen) atoms. The molecule has 3 aromatic rings. The predicted molar refractivity (Wildman–Crippen MR) is 104 cm³/mol. The average Bonchev–Trinajstić information content (AvgIpc) is 3.31. The van der Waals surface area contributed by atoms with Gasteiger partial charge in [-0.15, -0.1) is 0 Å². The molecule has 0 fully saturated rings. The molecule has 2 aromatic heterocycles. The number of hydrogen-bond donors (Lipinski definition) is 2. The van der Waals surface area contributed by atoms with E-state index in [1.165, 1.54) is 12.3 Å². The van der Waals surface area contributed by atoms with Crippen molar-refractivity contribution in [2.24, 2.45) is 0 Å². The zero-order chi connectivity index (χ0) is 19.7. The second kappa shape index (κ2) is 7.26. The summed E-state index contributed by atoms with van der Waals surface area (Å²) in [6.45, 7) is 4.31. The van der Waals surface area contributed by atoms with E-state index in [0.717, 1.165) is 12.0 Å². The number of ether oxygens (including phenoxy) is 2. The third kappa shape index (κ3) is 3.38. The lowest BCUT2D eigenvalue weighted by Crippen LogP contribution is -2.23. The van der Waals surface area contributed by atoms with Crippen molar-refractivity contribution in [2.75, 3.05) is 11.9 Å². The van der Waals surface area contributed by atoms with E-state index in [2.05, 4.69) is 10.3 Å². The number of furan rings is 1. The van der Waals surface area contributed by atoms with Crippen molar-refractivity contribution in [1.29, 1.82) is 0 Å². The quantitative estimate of drug-likeness (QED) is 0.705. The van der Waals surface area contributed by atoms with Crippen molar-refractivity contribution < 1.29 is 18.7 Å². The number of aromatic amines is 1. The number of carbonyl (C=O) groups is 1. The highest BCUT2D eigenvalue weighted by atomic mass is 16.5. The van der Waals surface area contributed by atoms with E-state index in [1.807, 2.05) is 19.9 Å². The van der Waals surface area contributed by atoms with Crippen LogP contribution in [-0.4, -0.2) is 23.6 Å². The van der Waals surface area contributed by atoms with Gasteiger partial charge in [-0.1, -0.05) is 0 Å². The Morgan fingerprint density at radius 3 is 2.89 bits per heavy atom. The monoisotopic (exact) mass is 380 g/mol. The minimum absolute atomic E-state index is 0.00691. The Bertz CT molecular complexity index is 1070. The van der Waals surface area contributed by atoms with Crippen LogP contribution in [0, 0.1) is 0 Å². The van der Waals surface area contributed by atoms with Crippen molar-refractivity contribution in [3.63, 3.8) is 0 Å². The first kappa shape index (κ1) is 17.9. The molecule has 144 valence electrons. The Kier molecular flexibility index (Phi) is 4.65. The second-order valence-corrected chi connectivity index (χ2v) is 6.57. The maximum atomic E-state index is 12.7. The number of amides is 1. The first-order valence-electron chi connectivity index (χ1n) is 9.10. The lowest BCUT2D eigenvalue weighted by molar-refractivity contribution is 0.102. The molecule has 7 heteroatoms. The van der Waals surface area contributed by atoms with Gasteiger partial charge in [0.1, 0.15) is 28.9 Å². The summed E-state index contributed by atoms with van der Waals surface area (Å²) < 4.78 is 16.7. The van der Waals surface area contributed by atoms with E-state index in [0.29, 0.717) is 35.2 Å². The molecule has 0 aliphatic carbocycles. The number of aromatic nitrogens is 1. The molecule has 0 bridgehead atoms. The van der Waals surface area contributed by atoms with Crippen LogP contribution in [0.25, 0.3) is 11.5 Å². The lowest BCUT2D eigenvalue weighted by atomic mass is 10.1. The zero-order valence-electron chi connectivity index (χ0n) is 15.6. The molecule has 2 N–H and O–H groups in total. The fourth-order valence-corrected chi connectivity index (χ4v) is 3.23. The fourth-order valence-electron chi connectivity index (χ4n) is 3.23. The smallest absolute Gasteiger partial charge is 0.261 e. The Balaban J connectivity index is 1.62. The normalized spacial score (nSPS) is 15.0. The first-order chi connectivity index (χ1) is 13.5. The number of nitrogens with one attached hydrogen (secondary N) is 2. The van der Waals surface area contributed by atoms with E-state index in [9.17, 15) is 9.59 Å². The van der Waals surface area contributed by atoms with Crippen LogP contribution in [-0.2, 0) is 6.42 Å². The molecule has 0 spiro atoms. The summed E-state index contributed by atoms with van der Waals surface area (Å²) in [4.78, 5) is 27.8. The van der Waals surface area contributed by atoms with Crippen LogP contribution in [0.4, 0.5) is 5.69 Å². The summed E-state index contributed by atoms with van der Waals surface area (Å²) in [5.74, 6) is 1.26. The van der Waals surface area contributed by atoms with Gasteiger partial charge in [0.15, 0.2) is 0 Å². The molecule has 4 rings (SSSR count). The van der Waals surface area contributed by atoms with Crippen molar-refractivity contribution >= 4 is 11.6 Å². The van der Waals surface area contributed by atoms with Crippen LogP contribution in [0.5, 0.6) is 11.5 Å². The van der Waals surface area contributed by atoms with Gasteiger partial charge in [-0.25, -0.2) is 0 Å². The second-order valence-electron chi connectivity index (χ2n) is 6.57. The van der Waals surface area contributed by atoms with Crippen LogP contribution in [0.2, 0.25) is 0 Å². The summed E-state index contributed by atoms with van der Waals surface area (Å²) in [7, 11) is 0. The van der Waals surface area contributed by atoms with E-state index >= 15 is 0 Å². The number of pyridine rings is 1. The predicted octanol–water partition coefficient (Wildman–Crippen LogP) is 3.61. The van der Waals surface area contributed by atoms with Gasteiger partial charge in [-0.2, -0.15) is 0 Å². The number of hydrogen-bond acceptors (Lipinski definition) is 5. The molecule has 1 atom stereocenters. The summed E-state index contributed by atoms with van der Waals surface area (Å²) in [6, 6.07) is 10.2. The van der Waals surface area contributed by atoms with Gasteiger partial charge in [0.05, 0.1) is 24.3 Å². The maximum absolute atomic E-state index is 12.7. The van der Waals surface area contributed by atoms with Gasteiger partial charge in [0.25, 0.3) is 11.5 Å². The van der Waals surface area contributed by atoms with E-state index in [-0.39, 0.29) is 11.7 Å². The largest absolute Gasteiger partial charge is 0.492 e. The molecule has 1 aromatic carbocycles. The Hall–Kier alpha value is -3.48. The number of H-pyrrole nitrogens is 1. The van der Waals surface area contributed by atoms with Crippen LogP contribution in [0.15, 0.2) is 51.9 Å². The number of carbonyl (C=O) groups excluding carboxylic acids is 1. The van der Waals surface area contributed by atoms with E-state index in [4.69, 9.17) is 13.9 Å². The SMILES string of the molecule is CCOc1cc2c(cc1NC(=O)c1ccc(-c3ccco3)[nH]c1=O)OC(C)C2. The van der Waals surface area contributed by atoms with Crippen LogP contribution in [0.3, 0.4) is 0 Å². The lowest BCUT2D eigenvalue weighted by Gasteiger charge is -2.13. The first-order valence-corrected chi connectivity index (χ1v) is 9.10. The van der Waals surface area contributed by atoms with Gasteiger partial charge < -0.3 is 24.2 Å². The van der Waals surface area contributed by atoms with Crippen LogP contribution < -0.4 is 20.3 Å². The summed E-state index contributed by atoms with van der Waals surface area (Å²) in [6.07, 6.45) is 2.38. The molecule has 7 nitrogen and oxygen atoms in total. The number of benzene rings is 1. The van der Waals surface area contributed by atoms with Crippen LogP contribution in [0.1, 0.15) is 29.8 Å². The van der Waals surface area contributed by atoms with Crippen molar-refractivity contribution in [3.05, 3.63) is 64.1 Å². The van der Waals surface area contributed by atoms with Crippen LogP contribution >= 0.6 is 0 Å². The topological polar surface area (TPSA) is 93.6 Å². The highest BCUT2D eigenvalue weighted by molar-refractivity contribution is 6.05. The molecule has 1 aliphatic rings. The van der Waals surface area contributed by atoms with Gasteiger partial charge in [-0.3, -0.25) is 9.59 Å². The molecular weight excluding hydrogens is 360 g/mol. The van der Waals surface area contributed by atoms with Gasteiger partial charge >= 0.3 is 0 Å². The van der Waals surface area contributed by atoms with Crippen molar-refractivity contribution in [3.8, 4) is 23.0 Å².